The summed E-state index contributed by atoms with van der Waals surface area (Å²) in [5.74, 6) is 1.71. The predicted octanol–water partition coefficient (Wildman–Crippen LogP) is 6.09. The third kappa shape index (κ3) is 2.90. The zero-order valence-electron chi connectivity index (χ0n) is 12.0. The highest BCUT2D eigenvalue weighted by atomic mass is 79.9. The molecule has 5 heteroatoms. The van der Waals surface area contributed by atoms with Crippen LogP contribution in [0, 0.1) is 5.41 Å². The van der Waals surface area contributed by atoms with E-state index in [2.05, 4.69) is 47.8 Å². The zero-order valence-corrected chi connectivity index (χ0v) is 16.8. The molecular formula is C16H19Br3O2. The third-order valence-corrected chi connectivity index (χ3v) is 7.47. The molecule has 0 bridgehead atoms. The molecule has 1 spiro atoms. The van der Waals surface area contributed by atoms with Crippen LogP contribution in [-0.4, -0.2) is 18.0 Å². The van der Waals surface area contributed by atoms with Crippen LogP contribution in [0.1, 0.15) is 38.5 Å². The van der Waals surface area contributed by atoms with Crippen molar-refractivity contribution in [2.75, 3.05) is 7.11 Å². The lowest BCUT2D eigenvalue weighted by Crippen LogP contribution is -2.57. The summed E-state index contributed by atoms with van der Waals surface area (Å²) in [6.45, 7) is 0. The largest absolute Gasteiger partial charge is 0.496 e. The number of rotatable bonds is 3. The van der Waals surface area contributed by atoms with Gasteiger partial charge in [-0.25, -0.2) is 0 Å². The SMILES string of the molecule is COc1cc(Br)c(OC2CC(Br)C23CCCCC3)cc1Br. The van der Waals surface area contributed by atoms with Gasteiger partial charge in [-0.2, -0.15) is 0 Å². The molecule has 2 aliphatic rings. The molecule has 116 valence electrons. The number of alkyl halides is 1. The van der Waals surface area contributed by atoms with E-state index in [1.165, 1.54) is 32.1 Å². The maximum atomic E-state index is 6.36. The first-order valence-electron chi connectivity index (χ1n) is 7.40. The van der Waals surface area contributed by atoms with Gasteiger partial charge in [-0.3, -0.25) is 0 Å². The minimum Gasteiger partial charge on any atom is -0.496 e. The number of halogens is 3. The van der Waals surface area contributed by atoms with Gasteiger partial charge in [-0.1, -0.05) is 35.2 Å². The molecule has 1 aromatic rings. The van der Waals surface area contributed by atoms with Crippen molar-refractivity contribution in [1.82, 2.24) is 0 Å². The lowest BCUT2D eigenvalue weighted by atomic mass is 9.58. The molecule has 0 amide bonds. The normalized spacial score (nSPS) is 27.2. The number of ether oxygens (including phenoxy) is 2. The summed E-state index contributed by atoms with van der Waals surface area (Å²) in [7, 11) is 1.67. The van der Waals surface area contributed by atoms with Crippen LogP contribution in [0.3, 0.4) is 0 Å². The Morgan fingerprint density at radius 3 is 2.29 bits per heavy atom. The fraction of sp³-hybridized carbons (Fsp3) is 0.625. The Bertz CT molecular complexity index is 526. The molecule has 0 aromatic heterocycles. The van der Waals surface area contributed by atoms with Crippen LogP contribution in [0.5, 0.6) is 11.5 Å². The maximum absolute atomic E-state index is 6.36. The second kappa shape index (κ2) is 6.40. The Morgan fingerprint density at radius 2 is 1.67 bits per heavy atom. The van der Waals surface area contributed by atoms with Gasteiger partial charge in [-0.15, -0.1) is 0 Å². The van der Waals surface area contributed by atoms with Crippen molar-refractivity contribution in [2.24, 2.45) is 5.41 Å². The van der Waals surface area contributed by atoms with Gasteiger partial charge in [0.15, 0.2) is 0 Å². The van der Waals surface area contributed by atoms with Gasteiger partial charge in [-0.05, 0) is 63.3 Å². The van der Waals surface area contributed by atoms with E-state index in [0.29, 0.717) is 16.3 Å². The fourth-order valence-electron chi connectivity index (χ4n) is 3.62. The Morgan fingerprint density at radius 1 is 1.05 bits per heavy atom. The second-order valence-electron chi connectivity index (χ2n) is 6.02. The number of benzene rings is 1. The van der Waals surface area contributed by atoms with Crippen molar-refractivity contribution in [3.05, 3.63) is 21.1 Å². The predicted molar refractivity (Wildman–Crippen MR) is 95.7 cm³/mol. The molecule has 0 N–H and O–H groups in total. The molecule has 2 nitrogen and oxygen atoms in total. The standard InChI is InChI=1S/C16H19Br3O2/c1-20-12-7-11(18)13(8-10(12)17)21-15-9-14(19)16(15)5-3-2-4-6-16/h7-8,14-15H,2-6,9H2,1H3. The molecule has 0 radical (unpaired) electrons. The molecule has 2 atom stereocenters. The van der Waals surface area contributed by atoms with Crippen molar-refractivity contribution in [3.8, 4) is 11.5 Å². The quantitative estimate of drug-likeness (QED) is 0.486. The summed E-state index contributed by atoms with van der Waals surface area (Å²) in [5, 5.41) is 0. The van der Waals surface area contributed by atoms with Gasteiger partial charge in [0.05, 0.1) is 16.1 Å². The summed E-state index contributed by atoms with van der Waals surface area (Å²) in [4.78, 5) is 0.607. The average Bonchev–Trinajstić information content (AvgIpc) is 2.50. The first kappa shape index (κ1) is 16.1. The fourth-order valence-corrected chi connectivity index (χ4v) is 5.61. The Labute approximate surface area is 151 Å². The Hall–Kier alpha value is 0.260. The minimum atomic E-state index is 0.318. The van der Waals surface area contributed by atoms with Crippen molar-refractivity contribution >= 4 is 47.8 Å². The monoisotopic (exact) mass is 480 g/mol. The molecule has 2 saturated carbocycles. The van der Waals surface area contributed by atoms with Crippen LogP contribution in [-0.2, 0) is 0 Å². The van der Waals surface area contributed by atoms with Crippen LogP contribution >= 0.6 is 47.8 Å². The van der Waals surface area contributed by atoms with Crippen molar-refractivity contribution < 1.29 is 9.47 Å². The number of hydrogen-bond donors (Lipinski definition) is 0. The first-order chi connectivity index (χ1) is 10.1. The van der Waals surface area contributed by atoms with E-state index in [4.69, 9.17) is 9.47 Å². The molecule has 0 heterocycles. The van der Waals surface area contributed by atoms with Crippen LogP contribution in [0.2, 0.25) is 0 Å². The van der Waals surface area contributed by atoms with E-state index in [1.807, 2.05) is 12.1 Å². The summed E-state index contributed by atoms with van der Waals surface area (Å²) >= 11 is 11.0. The van der Waals surface area contributed by atoms with Gasteiger partial charge < -0.3 is 9.47 Å². The van der Waals surface area contributed by atoms with E-state index in [-0.39, 0.29) is 0 Å². The smallest absolute Gasteiger partial charge is 0.135 e. The summed E-state index contributed by atoms with van der Waals surface area (Å²) in [6.07, 6.45) is 8.00. The average molecular weight is 483 g/mol. The van der Waals surface area contributed by atoms with E-state index >= 15 is 0 Å². The highest BCUT2D eigenvalue weighted by Gasteiger charge is 2.55. The van der Waals surface area contributed by atoms with Crippen LogP contribution in [0.15, 0.2) is 21.1 Å². The third-order valence-electron chi connectivity index (χ3n) is 4.95. The van der Waals surface area contributed by atoms with Gasteiger partial charge in [0.1, 0.15) is 17.6 Å². The maximum Gasteiger partial charge on any atom is 0.135 e. The lowest BCUT2D eigenvalue weighted by Gasteiger charge is -2.55. The molecule has 2 fully saturated rings. The first-order valence-corrected chi connectivity index (χ1v) is 9.91. The number of hydrogen-bond acceptors (Lipinski definition) is 2. The van der Waals surface area contributed by atoms with Crippen LogP contribution in [0.4, 0.5) is 0 Å². The van der Waals surface area contributed by atoms with E-state index < -0.39 is 0 Å². The summed E-state index contributed by atoms with van der Waals surface area (Å²) in [6, 6.07) is 3.96. The van der Waals surface area contributed by atoms with Crippen molar-refractivity contribution in [3.63, 3.8) is 0 Å². The molecule has 0 saturated heterocycles. The Kier molecular flexibility index (Phi) is 4.92. The topological polar surface area (TPSA) is 18.5 Å². The van der Waals surface area contributed by atoms with Gasteiger partial charge in [0, 0.05) is 10.2 Å². The highest BCUT2D eigenvalue weighted by Crippen LogP contribution is 2.57. The van der Waals surface area contributed by atoms with E-state index in [9.17, 15) is 0 Å². The molecule has 2 unspecified atom stereocenters. The zero-order chi connectivity index (χ0) is 15.0. The number of methoxy groups -OCH3 is 1. The minimum absolute atomic E-state index is 0.318. The molecule has 0 aliphatic heterocycles. The van der Waals surface area contributed by atoms with Gasteiger partial charge in [0.25, 0.3) is 0 Å². The Balaban J connectivity index is 1.79. The molecule has 21 heavy (non-hydrogen) atoms. The van der Waals surface area contributed by atoms with Crippen molar-refractivity contribution in [1.29, 1.82) is 0 Å². The summed E-state index contributed by atoms with van der Waals surface area (Å²) in [5.41, 5.74) is 0.337. The second-order valence-corrected chi connectivity index (χ2v) is 8.83. The van der Waals surface area contributed by atoms with Crippen LogP contribution < -0.4 is 9.47 Å². The van der Waals surface area contributed by atoms with Gasteiger partial charge in [0.2, 0.25) is 0 Å². The van der Waals surface area contributed by atoms with Crippen LogP contribution in [0.25, 0.3) is 0 Å². The van der Waals surface area contributed by atoms with E-state index in [1.54, 1.807) is 7.11 Å². The van der Waals surface area contributed by atoms with Crippen molar-refractivity contribution in [2.45, 2.75) is 49.5 Å². The molecule has 3 rings (SSSR count). The molecule has 2 aliphatic carbocycles. The van der Waals surface area contributed by atoms with E-state index in [0.717, 1.165) is 26.9 Å². The molecule has 1 aromatic carbocycles. The highest BCUT2D eigenvalue weighted by molar-refractivity contribution is 9.11. The lowest BCUT2D eigenvalue weighted by molar-refractivity contribution is -0.0605. The van der Waals surface area contributed by atoms with Gasteiger partial charge >= 0.3 is 0 Å². The summed E-state index contributed by atoms with van der Waals surface area (Å²) < 4.78 is 13.6. The molecular weight excluding hydrogens is 464 g/mol.